The molecular weight excluding hydrogens is 239 g/mol. The molecule has 0 aromatic heterocycles. The zero-order valence-corrected chi connectivity index (χ0v) is 12.0. The van der Waals surface area contributed by atoms with Gasteiger partial charge in [-0.3, -0.25) is 0 Å². The minimum atomic E-state index is -0.260. The highest BCUT2D eigenvalue weighted by molar-refractivity contribution is 5.55. The normalized spacial score (nSPS) is 18.6. The number of piperidine rings is 1. The van der Waals surface area contributed by atoms with Gasteiger partial charge in [-0.05, 0) is 37.8 Å². The average molecular weight is 264 g/mol. The molecule has 2 rings (SSSR count). The Labute approximate surface area is 115 Å². The van der Waals surface area contributed by atoms with Crippen molar-refractivity contribution in [2.75, 3.05) is 18.0 Å². The van der Waals surface area contributed by atoms with Crippen LogP contribution >= 0.6 is 0 Å². The predicted octanol–water partition coefficient (Wildman–Crippen LogP) is 3.86. The average Bonchev–Trinajstić information content (AvgIpc) is 2.39. The van der Waals surface area contributed by atoms with Gasteiger partial charge in [-0.25, -0.2) is 4.39 Å². The van der Waals surface area contributed by atoms with E-state index in [0.29, 0.717) is 5.56 Å². The second-order valence-corrected chi connectivity index (χ2v) is 5.68. The highest BCUT2D eigenvalue weighted by Crippen LogP contribution is 2.32. The van der Waals surface area contributed by atoms with Crippen molar-refractivity contribution in [2.45, 2.75) is 45.6 Å². The summed E-state index contributed by atoms with van der Waals surface area (Å²) in [6.07, 6.45) is 5.00. The summed E-state index contributed by atoms with van der Waals surface area (Å²) >= 11 is 0. The standard InChI is InChI=1S/C16H25FN2/c1-3-5-13-8-10-19(11-9-13)15-7-4-6-14(17)16(15)12(2)18/h4,6-7,12-13H,3,5,8-11,18H2,1-2H3. The zero-order valence-electron chi connectivity index (χ0n) is 12.0. The molecule has 2 nitrogen and oxygen atoms in total. The largest absolute Gasteiger partial charge is 0.371 e. The van der Waals surface area contributed by atoms with Gasteiger partial charge >= 0.3 is 0 Å². The molecule has 0 amide bonds. The molecule has 19 heavy (non-hydrogen) atoms. The van der Waals surface area contributed by atoms with E-state index in [4.69, 9.17) is 5.73 Å². The molecule has 0 spiro atoms. The van der Waals surface area contributed by atoms with Crippen LogP contribution in [0.1, 0.15) is 51.1 Å². The molecule has 3 heteroatoms. The predicted molar refractivity (Wildman–Crippen MR) is 78.8 cm³/mol. The molecule has 1 aliphatic rings. The van der Waals surface area contributed by atoms with Gasteiger partial charge in [0.05, 0.1) is 0 Å². The molecule has 106 valence electrons. The molecule has 1 atom stereocenters. The molecule has 1 aliphatic heterocycles. The fraction of sp³-hybridized carbons (Fsp3) is 0.625. The lowest BCUT2D eigenvalue weighted by Gasteiger charge is -2.35. The molecule has 2 N–H and O–H groups in total. The third kappa shape index (κ3) is 3.27. The lowest BCUT2D eigenvalue weighted by Crippen LogP contribution is -2.35. The second kappa shape index (κ2) is 6.38. The van der Waals surface area contributed by atoms with E-state index in [0.717, 1.165) is 24.7 Å². The van der Waals surface area contributed by atoms with Gasteiger partial charge in [-0.1, -0.05) is 25.8 Å². The lowest BCUT2D eigenvalue weighted by molar-refractivity contribution is 0.377. The van der Waals surface area contributed by atoms with Crippen LogP contribution in [-0.4, -0.2) is 13.1 Å². The van der Waals surface area contributed by atoms with Gasteiger partial charge in [0.25, 0.3) is 0 Å². The van der Waals surface area contributed by atoms with Crippen molar-refractivity contribution in [1.82, 2.24) is 0 Å². The van der Waals surface area contributed by atoms with Gasteiger partial charge in [-0.2, -0.15) is 0 Å². The molecule has 0 aliphatic carbocycles. The molecule has 1 aromatic rings. The van der Waals surface area contributed by atoms with E-state index in [1.165, 1.54) is 31.7 Å². The number of rotatable bonds is 4. The van der Waals surface area contributed by atoms with E-state index in [2.05, 4.69) is 11.8 Å². The Balaban J connectivity index is 2.13. The summed E-state index contributed by atoms with van der Waals surface area (Å²) < 4.78 is 13.9. The van der Waals surface area contributed by atoms with E-state index in [1.807, 2.05) is 13.0 Å². The first kappa shape index (κ1) is 14.3. The van der Waals surface area contributed by atoms with Crippen LogP contribution < -0.4 is 10.6 Å². The Morgan fingerprint density at radius 1 is 1.37 bits per heavy atom. The summed E-state index contributed by atoms with van der Waals surface area (Å²) in [4.78, 5) is 2.30. The Bertz CT molecular complexity index is 409. The maximum Gasteiger partial charge on any atom is 0.130 e. The number of nitrogens with zero attached hydrogens (tertiary/aromatic N) is 1. The molecule has 0 bridgehead atoms. The van der Waals surface area contributed by atoms with Crippen molar-refractivity contribution >= 4 is 5.69 Å². The second-order valence-electron chi connectivity index (χ2n) is 5.68. The minimum absolute atomic E-state index is 0.178. The third-order valence-corrected chi connectivity index (χ3v) is 4.14. The molecule has 1 aromatic carbocycles. The Morgan fingerprint density at radius 2 is 2.05 bits per heavy atom. The summed E-state index contributed by atoms with van der Waals surface area (Å²) in [5.41, 5.74) is 7.58. The molecule has 1 saturated heterocycles. The van der Waals surface area contributed by atoms with Crippen molar-refractivity contribution in [2.24, 2.45) is 11.7 Å². The van der Waals surface area contributed by atoms with Gasteiger partial charge in [0.15, 0.2) is 0 Å². The first-order valence-electron chi connectivity index (χ1n) is 7.42. The Morgan fingerprint density at radius 3 is 2.63 bits per heavy atom. The van der Waals surface area contributed by atoms with Gasteiger partial charge in [0, 0.05) is 30.4 Å². The fourth-order valence-electron chi connectivity index (χ4n) is 3.12. The van der Waals surface area contributed by atoms with Gasteiger partial charge in [-0.15, -0.1) is 0 Å². The van der Waals surface area contributed by atoms with Crippen LogP contribution in [0.2, 0.25) is 0 Å². The smallest absolute Gasteiger partial charge is 0.130 e. The summed E-state index contributed by atoms with van der Waals surface area (Å²) in [6.45, 7) is 6.14. The highest BCUT2D eigenvalue weighted by Gasteiger charge is 2.22. The maximum absolute atomic E-state index is 13.9. The number of nitrogens with two attached hydrogens (primary N) is 1. The van der Waals surface area contributed by atoms with Crippen molar-refractivity contribution in [3.8, 4) is 0 Å². The maximum atomic E-state index is 13.9. The van der Waals surface area contributed by atoms with Crippen molar-refractivity contribution in [3.05, 3.63) is 29.6 Å². The summed E-state index contributed by atoms with van der Waals surface area (Å²) in [5.74, 6) is 0.664. The van der Waals surface area contributed by atoms with E-state index in [1.54, 1.807) is 6.07 Å². The van der Waals surface area contributed by atoms with Crippen molar-refractivity contribution in [3.63, 3.8) is 0 Å². The van der Waals surface area contributed by atoms with E-state index in [-0.39, 0.29) is 11.9 Å². The van der Waals surface area contributed by atoms with Crippen LogP contribution in [0, 0.1) is 11.7 Å². The number of hydrogen-bond acceptors (Lipinski definition) is 2. The van der Waals surface area contributed by atoms with Crippen LogP contribution in [0.3, 0.4) is 0 Å². The van der Waals surface area contributed by atoms with Crippen molar-refractivity contribution < 1.29 is 4.39 Å². The first-order valence-corrected chi connectivity index (χ1v) is 7.42. The number of halogens is 1. The third-order valence-electron chi connectivity index (χ3n) is 4.14. The fourth-order valence-corrected chi connectivity index (χ4v) is 3.12. The first-order chi connectivity index (χ1) is 9.13. The highest BCUT2D eigenvalue weighted by atomic mass is 19.1. The molecule has 1 unspecified atom stereocenters. The quantitative estimate of drug-likeness (QED) is 0.894. The summed E-state index contributed by atoms with van der Waals surface area (Å²) in [5, 5.41) is 0. The van der Waals surface area contributed by atoms with E-state index < -0.39 is 0 Å². The summed E-state index contributed by atoms with van der Waals surface area (Å²) in [6, 6.07) is 5.03. The SMILES string of the molecule is CCCC1CCN(c2cccc(F)c2C(C)N)CC1. The number of hydrogen-bond donors (Lipinski definition) is 1. The Kier molecular flexibility index (Phi) is 4.81. The van der Waals surface area contributed by atoms with E-state index >= 15 is 0 Å². The van der Waals surface area contributed by atoms with Gasteiger partial charge < -0.3 is 10.6 Å². The number of benzene rings is 1. The van der Waals surface area contributed by atoms with Gasteiger partial charge in [0.1, 0.15) is 5.82 Å². The van der Waals surface area contributed by atoms with Crippen LogP contribution in [0.15, 0.2) is 18.2 Å². The monoisotopic (exact) mass is 264 g/mol. The van der Waals surface area contributed by atoms with Gasteiger partial charge in [0.2, 0.25) is 0 Å². The summed E-state index contributed by atoms with van der Waals surface area (Å²) in [7, 11) is 0. The van der Waals surface area contributed by atoms with E-state index in [9.17, 15) is 4.39 Å². The zero-order chi connectivity index (χ0) is 13.8. The van der Waals surface area contributed by atoms with Crippen LogP contribution in [0.25, 0.3) is 0 Å². The molecular formula is C16H25FN2. The molecule has 1 heterocycles. The van der Waals surface area contributed by atoms with Crippen LogP contribution in [0.4, 0.5) is 10.1 Å². The van der Waals surface area contributed by atoms with Crippen molar-refractivity contribution in [1.29, 1.82) is 0 Å². The molecule has 0 radical (unpaired) electrons. The number of anilines is 1. The molecule has 0 saturated carbocycles. The van der Waals surface area contributed by atoms with Crippen LogP contribution in [0.5, 0.6) is 0 Å². The Hall–Kier alpha value is -1.09. The minimum Gasteiger partial charge on any atom is -0.371 e. The van der Waals surface area contributed by atoms with Crippen LogP contribution in [-0.2, 0) is 0 Å². The topological polar surface area (TPSA) is 29.3 Å². The lowest BCUT2D eigenvalue weighted by atomic mass is 9.91. The molecule has 1 fully saturated rings.